The van der Waals surface area contributed by atoms with E-state index in [0.717, 1.165) is 68.1 Å². The number of pyridine rings is 1. The predicted octanol–water partition coefficient (Wildman–Crippen LogP) is 1.15. The van der Waals surface area contributed by atoms with Crippen LogP contribution >= 0.6 is 0 Å². The molecule has 1 saturated heterocycles. The Morgan fingerprint density at radius 2 is 1.51 bits per heavy atom. The molecule has 2 aromatic rings. The van der Waals surface area contributed by atoms with Crippen LogP contribution in [-0.4, -0.2) is 90.7 Å². The fourth-order valence-electron chi connectivity index (χ4n) is 6.53. The number of primary amides is 1. The van der Waals surface area contributed by atoms with Crippen molar-refractivity contribution in [3.8, 4) is 0 Å². The molecule has 1 aliphatic carbocycles. The number of rotatable bonds is 12. The molecular formula is C37H50F3N7O6. The summed E-state index contributed by atoms with van der Waals surface area (Å²) in [4.78, 5) is 66.7. The molecule has 53 heavy (non-hydrogen) atoms. The lowest BCUT2D eigenvalue weighted by Gasteiger charge is -2.33. The number of carboxylic acid groups (broad SMARTS) is 1. The van der Waals surface area contributed by atoms with Crippen molar-refractivity contribution in [3.05, 3.63) is 65.5 Å². The molecule has 1 saturated carbocycles. The standard InChI is InChI=1S/C35H49N7O4.C2HF3O2/c1-40(2)31(36)27-16-14-24(15-17-27)21-28(35(46)42-19-8-5-9-20-42)33(44)39-30(26-12-6-4-7-13-26)34(45)38-29(32(37)43)22-25-11-10-18-41(3)23-25;3-2(4,5)1(6)7/h10-11,14-18,23,26,28-30,36H,4-9,12-13,19-22H2,1-3H3,(H3-,37,38,39,43,44,45);(H,6,7)/t28?,29-,30-;/m0./s1. The van der Waals surface area contributed by atoms with Crippen molar-refractivity contribution in [1.29, 1.82) is 5.41 Å². The maximum atomic E-state index is 14.1. The lowest BCUT2D eigenvalue weighted by atomic mass is 9.83. The van der Waals surface area contributed by atoms with Crippen LogP contribution in [0.3, 0.4) is 0 Å². The van der Waals surface area contributed by atoms with Crippen LogP contribution in [0.1, 0.15) is 68.1 Å². The smallest absolute Gasteiger partial charge is 0.430 e. The Bertz CT molecular complexity index is 1590. The third-order valence-electron chi connectivity index (χ3n) is 9.43. The molecular weight excluding hydrogens is 695 g/mol. The van der Waals surface area contributed by atoms with Gasteiger partial charge in [-0.15, -0.1) is 0 Å². The van der Waals surface area contributed by atoms with Gasteiger partial charge in [-0.25, -0.2) is 4.57 Å². The molecule has 2 heterocycles. The number of aliphatic carboxylic acids is 1. The highest BCUT2D eigenvalue weighted by Crippen LogP contribution is 2.28. The quantitative estimate of drug-likeness (QED) is 0.108. The van der Waals surface area contributed by atoms with Gasteiger partial charge in [-0.2, -0.15) is 13.2 Å². The molecule has 2 fully saturated rings. The van der Waals surface area contributed by atoms with E-state index in [1.54, 1.807) is 23.9 Å². The minimum Gasteiger partial charge on any atom is -0.542 e. The first-order chi connectivity index (χ1) is 25.0. The van der Waals surface area contributed by atoms with Gasteiger partial charge in [-0.05, 0) is 56.1 Å². The maximum absolute atomic E-state index is 14.1. The van der Waals surface area contributed by atoms with Crippen molar-refractivity contribution in [2.75, 3.05) is 27.2 Å². The minimum absolute atomic E-state index is 0.122. The van der Waals surface area contributed by atoms with Crippen LogP contribution in [0.5, 0.6) is 0 Å². The summed E-state index contributed by atoms with van der Waals surface area (Å²) < 4.78 is 33.4. The first kappa shape index (κ1) is 42.4. The van der Waals surface area contributed by atoms with Crippen LogP contribution in [0.15, 0.2) is 48.8 Å². The largest absolute Gasteiger partial charge is 0.542 e. The lowest BCUT2D eigenvalue weighted by Crippen LogP contribution is -2.58. The van der Waals surface area contributed by atoms with Crippen molar-refractivity contribution in [2.24, 2.45) is 24.6 Å². The van der Waals surface area contributed by atoms with Gasteiger partial charge in [0.2, 0.25) is 23.6 Å². The summed E-state index contributed by atoms with van der Waals surface area (Å²) in [7, 11) is 5.49. The molecule has 3 atom stereocenters. The van der Waals surface area contributed by atoms with Crippen molar-refractivity contribution in [3.63, 3.8) is 0 Å². The molecule has 2 aliphatic rings. The molecule has 1 aliphatic heterocycles. The number of piperidine rings is 1. The molecule has 16 heteroatoms. The predicted molar refractivity (Wildman–Crippen MR) is 187 cm³/mol. The molecule has 1 aromatic carbocycles. The Kier molecular flexibility index (Phi) is 15.8. The van der Waals surface area contributed by atoms with E-state index in [2.05, 4.69) is 10.6 Å². The Hall–Kier alpha value is -5.02. The maximum Gasteiger partial charge on any atom is 0.430 e. The number of nitrogens with one attached hydrogen (secondary N) is 3. The SMILES string of the molecule is CN(C)C(=N)c1ccc(CC(C(=O)N[C@H](C(=O)N[C@@H](Cc2ccc[n+](C)c2)C(N)=O)C2CCCCC2)C(=O)N2CCCCC2)cc1.O=C([O-])C(F)(F)F. The molecule has 4 amide bonds. The second-order valence-electron chi connectivity index (χ2n) is 13.8. The summed E-state index contributed by atoms with van der Waals surface area (Å²) in [6, 6.07) is 9.23. The number of likely N-dealkylation sites (tertiary alicyclic amines) is 1. The second kappa shape index (κ2) is 19.7. The van der Waals surface area contributed by atoms with Gasteiger partial charge in [0, 0.05) is 50.8 Å². The van der Waals surface area contributed by atoms with Crippen LogP contribution in [0.2, 0.25) is 0 Å². The van der Waals surface area contributed by atoms with Gasteiger partial charge in [-0.3, -0.25) is 24.6 Å². The number of nitrogens with zero attached hydrogens (tertiary/aromatic N) is 3. The van der Waals surface area contributed by atoms with Crippen molar-refractivity contribution in [1.82, 2.24) is 20.4 Å². The molecule has 13 nitrogen and oxygen atoms in total. The van der Waals surface area contributed by atoms with E-state index < -0.39 is 47.9 Å². The Morgan fingerprint density at radius 1 is 0.925 bits per heavy atom. The van der Waals surface area contributed by atoms with Gasteiger partial charge < -0.3 is 36.1 Å². The summed E-state index contributed by atoms with van der Waals surface area (Å²) in [6.07, 6.45) is 6.24. The van der Waals surface area contributed by atoms with Gasteiger partial charge in [-0.1, -0.05) is 43.5 Å². The van der Waals surface area contributed by atoms with Gasteiger partial charge in [0.1, 0.15) is 36.9 Å². The highest BCUT2D eigenvalue weighted by molar-refractivity contribution is 6.02. The number of nitrogens with two attached hydrogens (primary N) is 1. The lowest BCUT2D eigenvalue weighted by molar-refractivity contribution is -0.671. The molecule has 290 valence electrons. The van der Waals surface area contributed by atoms with E-state index in [4.69, 9.17) is 21.0 Å². The van der Waals surface area contributed by atoms with Gasteiger partial charge in [0.15, 0.2) is 12.4 Å². The number of hydrogen-bond acceptors (Lipinski definition) is 7. The van der Waals surface area contributed by atoms with E-state index >= 15 is 0 Å². The highest BCUT2D eigenvalue weighted by atomic mass is 19.4. The number of carboxylic acids is 1. The zero-order chi connectivity index (χ0) is 39.3. The van der Waals surface area contributed by atoms with Gasteiger partial charge in [0.05, 0.1) is 0 Å². The van der Waals surface area contributed by atoms with Crippen molar-refractivity contribution < 1.29 is 46.8 Å². The molecule has 0 bridgehead atoms. The Labute approximate surface area is 307 Å². The topological polar surface area (TPSA) is 193 Å². The van der Waals surface area contributed by atoms with Crippen LogP contribution < -0.4 is 26.0 Å². The molecule has 1 unspecified atom stereocenters. The van der Waals surface area contributed by atoms with E-state index in [-0.39, 0.29) is 24.7 Å². The fraction of sp³-hybridized carbons (Fsp3) is 0.541. The number of benzene rings is 1. The number of amides is 4. The van der Waals surface area contributed by atoms with Crippen LogP contribution in [0.4, 0.5) is 13.2 Å². The average Bonchev–Trinajstić information content (AvgIpc) is 3.12. The monoisotopic (exact) mass is 745 g/mol. The number of hydrogen-bond donors (Lipinski definition) is 4. The zero-order valence-electron chi connectivity index (χ0n) is 30.4. The summed E-state index contributed by atoms with van der Waals surface area (Å²) in [5.41, 5.74) is 8.11. The Balaban J connectivity index is 0.000000980. The second-order valence-corrected chi connectivity index (χ2v) is 13.8. The van der Waals surface area contributed by atoms with Crippen LogP contribution in [0.25, 0.3) is 0 Å². The van der Waals surface area contributed by atoms with Crippen molar-refractivity contribution >= 4 is 35.4 Å². The number of aryl methyl sites for hydroxylation is 1. The zero-order valence-corrected chi connectivity index (χ0v) is 30.4. The molecule has 1 aromatic heterocycles. The first-order valence-corrected chi connectivity index (χ1v) is 17.7. The highest BCUT2D eigenvalue weighted by Gasteiger charge is 2.38. The summed E-state index contributed by atoms with van der Waals surface area (Å²) >= 11 is 0. The summed E-state index contributed by atoms with van der Waals surface area (Å²) in [6.45, 7) is 1.21. The van der Waals surface area contributed by atoms with Gasteiger partial charge in [0.25, 0.3) is 0 Å². The summed E-state index contributed by atoms with van der Waals surface area (Å²) in [5.74, 6) is -5.63. The minimum atomic E-state index is -5.19. The first-order valence-electron chi connectivity index (χ1n) is 17.7. The van der Waals surface area contributed by atoms with E-state index in [0.29, 0.717) is 18.9 Å². The fourth-order valence-corrected chi connectivity index (χ4v) is 6.53. The van der Waals surface area contributed by atoms with Crippen LogP contribution in [-0.2, 0) is 43.9 Å². The number of amidine groups is 1. The molecule has 4 rings (SSSR count). The number of halogens is 3. The van der Waals surface area contributed by atoms with E-state index in [1.165, 1.54) is 0 Å². The molecule has 0 spiro atoms. The molecule has 0 radical (unpaired) electrons. The van der Waals surface area contributed by atoms with Gasteiger partial charge >= 0.3 is 6.18 Å². The number of carbonyl (C=O) groups is 5. The summed E-state index contributed by atoms with van der Waals surface area (Å²) in [5, 5.41) is 22.9. The number of aromatic nitrogens is 1. The third-order valence-corrected chi connectivity index (χ3v) is 9.43. The average molecular weight is 746 g/mol. The van der Waals surface area contributed by atoms with E-state index in [9.17, 15) is 32.3 Å². The Morgan fingerprint density at radius 3 is 2.04 bits per heavy atom. The molecule has 5 N–H and O–H groups in total. The normalized spacial score (nSPS) is 16.5. The van der Waals surface area contributed by atoms with Crippen LogP contribution in [0, 0.1) is 17.2 Å². The van der Waals surface area contributed by atoms with E-state index in [1.807, 2.05) is 60.4 Å². The number of carbonyl (C=O) groups excluding carboxylic acids is 5. The van der Waals surface area contributed by atoms with Crippen molar-refractivity contribution in [2.45, 2.75) is 82.5 Å². The number of alkyl halides is 3. The third kappa shape index (κ3) is 13.2.